The highest BCUT2D eigenvalue weighted by molar-refractivity contribution is 5.79. The number of aromatic amines is 1. The third-order valence-electron chi connectivity index (χ3n) is 5.46. The smallest absolute Gasteiger partial charge is 0.338 e. The Labute approximate surface area is 183 Å². The highest BCUT2D eigenvalue weighted by Gasteiger charge is 2.37. The van der Waals surface area contributed by atoms with Crippen molar-refractivity contribution in [3.63, 3.8) is 0 Å². The number of hydrogen-bond acceptors (Lipinski definition) is 6. The van der Waals surface area contributed by atoms with Crippen LogP contribution in [-0.4, -0.2) is 51.0 Å². The van der Waals surface area contributed by atoms with E-state index < -0.39 is 29.0 Å². The predicted molar refractivity (Wildman–Crippen MR) is 107 cm³/mol. The second-order valence-corrected chi connectivity index (χ2v) is 7.72. The van der Waals surface area contributed by atoms with E-state index in [-0.39, 0.29) is 22.5 Å². The minimum Gasteiger partial charge on any atom is -0.338 e. The Morgan fingerprint density at radius 2 is 1.58 bits per heavy atom. The lowest BCUT2D eigenvalue weighted by Crippen LogP contribution is -2.46. The number of pyridine rings is 2. The molecule has 0 radical (unpaired) electrons. The van der Waals surface area contributed by atoms with Gasteiger partial charge in [-0.3, -0.25) is 14.7 Å². The molecule has 7 nitrogen and oxygen atoms in total. The van der Waals surface area contributed by atoms with Crippen molar-refractivity contribution < 1.29 is 26.3 Å². The zero-order chi connectivity index (χ0) is 24.0. The van der Waals surface area contributed by atoms with E-state index >= 15 is 0 Å². The van der Waals surface area contributed by atoms with Gasteiger partial charge >= 0.3 is 12.4 Å². The number of nitrogens with zero attached hydrogens (tertiary/aromatic N) is 5. The number of aryl methyl sites for hydroxylation is 1. The van der Waals surface area contributed by atoms with Gasteiger partial charge in [0.1, 0.15) is 5.56 Å². The van der Waals surface area contributed by atoms with Gasteiger partial charge in [-0.1, -0.05) is 0 Å². The normalized spacial score (nSPS) is 15.9. The molecule has 4 heterocycles. The molecule has 13 heteroatoms. The van der Waals surface area contributed by atoms with E-state index in [2.05, 4.69) is 24.8 Å². The second kappa shape index (κ2) is 8.28. The van der Waals surface area contributed by atoms with Crippen molar-refractivity contribution in [3.8, 4) is 0 Å². The molecule has 4 rings (SSSR count). The lowest BCUT2D eigenvalue weighted by molar-refractivity contribution is -0.139. The fourth-order valence-electron chi connectivity index (χ4n) is 3.80. The molecular formula is C20H18F6N6O. The van der Waals surface area contributed by atoms with E-state index in [0.717, 1.165) is 12.4 Å². The Bertz CT molecular complexity index is 1210. The molecule has 3 aromatic rings. The van der Waals surface area contributed by atoms with Crippen molar-refractivity contribution in [2.45, 2.75) is 25.8 Å². The minimum atomic E-state index is -4.78. The molecule has 33 heavy (non-hydrogen) atoms. The lowest BCUT2D eigenvalue weighted by Gasteiger charge is -2.34. The van der Waals surface area contributed by atoms with Crippen molar-refractivity contribution in [2.24, 2.45) is 0 Å². The number of nitrogens with one attached hydrogen (secondary N) is 1. The molecule has 1 aliphatic heterocycles. The zero-order valence-electron chi connectivity index (χ0n) is 17.3. The van der Waals surface area contributed by atoms with Crippen LogP contribution >= 0.6 is 0 Å². The van der Waals surface area contributed by atoms with Crippen LogP contribution in [0.1, 0.15) is 22.3 Å². The first-order valence-corrected chi connectivity index (χ1v) is 9.89. The monoisotopic (exact) mass is 472 g/mol. The summed E-state index contributed by atoms with van der Waals surface area (Å²) in [5.41, 5.74) is -2.60. The van der Waals surface area contributed by atoms with Gasteiger partial charge in [-0.05, 0) is 24.1 Å². The first kappa shape index (κ1) is 23.0. The summed E-state index contributed by atoms with van der Waals surface area (Å²) in [6.07, 6.45) is -6.30. The molecule has 1 saturated heterocycles. The molecule has 0 aromatic carbocycles. The zero-order valence-corrected chi connectivity index (χ0v) is 17.3. The number of hydrogen-bond donors (Lipinski definition) is 1. The van der Waals surface area contributed by atoms with Gasteiger partial charge in [0.15, 0.2) is 0 Å². The van der Waals surface area contributed by atoms with Crippen molar-refractivity contribution in [2.75, 3.05) is 31.1 Å². The van der Waals surface area contributed by atoms with Crippen LogP contribution in [-0.2, 0) is 18.9 Å². The quantitative estimate of drug-likeness (QED) is 0.589. The molecule has 0 saturated carbocycles. The SMILES string of the molecule is Cc1c(C(F)(F)F)c(=O)[nH]c2cc(CN3CCN(c4ncc(C(F)(F)F)cn4)CC3)cnc12. The number of piperazine rings is 1. The molecule has 0 aliphatic carbocycles. The van der Waals surface area contributed by atoms with E-state index in [1.54, 1.807) is 11.0 Å². The summed E-state index contributed by atoms with van der Waals surface area (Å²) in [7, 11) is 0. The van der Waals surface area contributed by atoms with Crippen LogP contribution in [0, 0.1) is 6.92 Å². The molecule has 0 amide bonds. The maximum Gasteiger partial charge on any atom is 0.422 e. The topological polar surface area (TPSA) is 78.0 Å². The average Bonchev–Trinajstić information content (AvgIpc) is 2.72. The molecule has 0 unspecified atom stereocenters. The van der Waals surface area contributed by atoms with Gasteiger partial charge in [-0.15, -0.1) is 0 Å². The highest BCUT2D eigenvalue weighted by Crippen LogP contribution is 2.31. The molecule has 0 atom stereocenters. The summed E-state index contributed by atoms with van der Waals surface area (Å²) in [4.78, 5) is 29.8. The van der Waals surface area contributed by atoms with Gasteiger partial charge in [0.25, 0.3) is 5.56 Å². The van der Waals surface area contributed by atoms with E-state index in [9.17, 15) is 31.1 Å². The summed E-state index contributed by atoms with van der Waals surface area (Å²) in [5.74, 6) is 0.212. The summed E-state index contributed by atoms with van der Waals surface area (Å²) < 4.78 is 77.4. The number of halogens is 6. The van der Waals surface area contributed by atoms with Gasteiger partial charge < -0.3 is 9.88 Å². The molecule has 0 bridgehead atoms. The van der Waals surface area contributed by atoms with Crippen LogP contribution in [0.3, 0.4) is 0 Å². The Morgan fingerprint density at radius 1 is 0.939 bits per heavy atom. The maximum atomic E-state index is 13.1. The van der Waals surface area contributed by atoms with Crippen molar-refractivity contribution in [3.05, 3.63) is 57.3 Å². The summed E-state index contributed by atoms with van der Waals surface area (Å²) in [5, 5.41) is 0. The van der Waals surface area contributed by atoms with Crippen LogP contribution in [0.15, 0.2) is 29.5 Å². The summed E-state index contributed by atoms with van der Waals surface area (Å²) in [6, 6.07) is 1.60. The average molecular weight is 472 g/mol. The molecule has 1 N–H and O–H groups in total. The number of fused-ring (bicyclic) bond motifs is 1. The minimum absolute atomic E-state index is 0.0787. The molecule has 176 valence electrons. The standard InChI is InChI=1S/C20H18F6N6O/c1-11-15(20(24,25)26)17(33)30-14-6-12(7-27-16(11)14)10-31-2-4-32(5-3-31)18-28-8-13(9-29-18)19(21,22)23/h6-9H,2-5,10H2,1H3,(H,30,33). The molecule has 3 aromatic heterocycles. The number of aromatic nitrogens is 4. The number of anilines is 1. The van der Waals surface area contributed by atoms with Gasteiger partial charge in [-0.2, -0.15) is 26.3 Å². The number of alkyl halides is 6. The fourth-order valence-corrected chi connectivity index (χ4v) is 3.80. The van der Waals surface area contributed by atoms with Gasteiger partial charge in [0, 0.05) is 51.3 Å². The summed E-state index contributed by atoms with van der Waals surface area (Å²) in [6.45, 7) is 3.74. The number of H-pyrrole nitrogens is 1. The summed E-state index contributed by atoms with van der Waals surface area (Å²) >= 11 is 0. The van der Waals surface area contributed by atoms with E-state index in [0.29, 0.717) is 38.3 Å². The molecule has 0 spiro atoms. The van der Waals surface area contributed by atoms with Crippen LogP contribution in [0.5, 0.6) is 0 Å². The Morgan fingerprint density at radius 3 is 2.15 bits per heavy atom. The molecule has 1 aliphatic rings. The Hall–Kier alpha value is -3.22. The Kier molecular flexibility index (Phi) is 5.76. The first-order valence-electron chi connectivity index (χ1n) is 9.89. The van der Waals surface area contributed by atoms with E-state index in [4.69, 9.17) is 0 Å². The van der Waals surface area contributed by atoms with E-state index in [1.165, 1.54) is 13.1 Å². The van der Waals surface area contributed by atoms with Crippen molar-refractivity contribution in [1.29, 1.82) is 0 Å². The van der Waals surface area contributed by atoms with Crippen molar-refractivity contribution in [1.82, 2.24) is 24.8 Å². The van der Waals surface area contributed by atoms with Gasteiger partial charge in [0.05, 0.1) is 16.6 Å². The van der Waals surface area contributed by atoms with Crippen LogP contribution in [0.2, 0.25) is 0 Å². The van der Waals surface area contributed by atoms with Crippen LogP contribution in [0.4, 0.5) is 32.3 Å². The molecular weight excluding hydrogens is 454 g/mol. The fraction of sp³-hybridized carbons (Fsp3) is 0.400. The Balaban J connectivity index is 1.44. The first-order chi connectivity index (χ1) is 15.4. The second-order valence-electron chi connectivity index (χ2n) is 7.72. The predicted octanol–water partition coefficient (Wildman–Crippen LogP) is 3.38. The van der Waals surface area contributed by atoms with Gasteiger partial charge in [-0.25, -0.2) is 9.97 Å². The maximum absolute atomic E-state index is 13.1. The third kappa shape index (κ3) is 4.77. The largest absolute Gasteiger partial charge is 0.422 e. The number of rotatable bonds is 3. The highest BCUT2D eigenvalue weighted by atomic mass is 19.4. The lowest BCUT2D eigenvalue weighted by atomic mass is 10.1. The van der Waals surface area contributed by atoms with Gasteiger partial charge in [0.2, 0.25) is 5.95 Å². The van der Waals surface area contributed by atoms with Crippen LogP contribution in [0.25, 0.3) is 11.0 Å². The molecule has 1 fully saturated rings. The van der Waals surface area contributed by atoms with E-state index in [1.807, 2.05) is 0 Å². The third-order valence-corrected chi connectivity index (χ3v) is 5.46. The van der Waals surface area contributed by atoms with Crippen molar-refractivity contribution >= 4 is 17.0 Å². The van der Waals surface area contributed by atoms with Crippen LogP contribution < -0.4 is 10.5 Å².